The minimum absolute atomic E-state index is 0.134. The van der Waals surface area contributed by atoms with Crippen LogP contribution in [0.1, 0.15) is 22.3 Å². The van der Waals surface area contributed by atoms with Gasteiger partial charge in [0.15, 0.2) is 0 Å². The highest BCUT2D eigenvalue weighted by molar-refractivity contribution is 5.96. The van der Waals surface area contributed by atoms with Crippen molar-refractivity contribution in [2.45, 2.75) is 13.3 Å². The van der Waals surface area contributed by atoms with E-state index in [0.29, 0.717) is 0 Å². The zero-order valence-corrected chi connectivity index (χ0v) is 10.4. The third-order valence-electron chi connectivity index (χ3n) is 3.09. The van der Waals surface area contributed by atoms with Crippen molar-refractivity contribution in [1.29, 1.82) is 0 Å². The first-order valence-corrected chi connectivity index (χ1v) is 5.95. The summed E-state index contributed by atoms with van der Waals surface area (Å²) < 4.78 is 0. The van der Waals surface area contributed by atoms with E-state index in [1.54, 1.807) is 0 Å². The number of aryl methyl sites for hydroxylation is 1. The largest absolute Gasteiger partial charge is 0.388 e. The van der Waals surface area contributed by atoms with Crippen molar-refractivity contribution in [3.05, 3.63) is 41.5 Å². The van der Waals surface area contributed by atoms with Gasteiger partial charge in [0, 0.05) is 31.4 Å². The molecule has 1 aliphatic heterocycles. The van der Waals surface area contributed by atoms with Crippen molar-refractivity contribution in [1.82, 2.24) is 4.90 Å². The molecule has 90 valence electrons. The summed E-state index contributed by atoms with van der Waals surface area (Å²) in [4.78, 5) is 14.2. The molecular formula is C14H18N2O. The van der Waals surface area contributed by atoms with Crippen LogP contribution in [0.15, 0.2) is 30.4 Å². The molecule has 0 aromatic heterocycles. The van der Waals surface area contributed by atoms with Crippen LogP contribution in [-0.2, 0) is 0 Å². The van der Waals surface area contributed by atoms with Gasteiger partial charge in [0.2, 0.25) is 0 Å². The highest BCUT2D eigenvalue weighted by Gasteiger charge is 2.17. The van der Waals surface area contributed by atoms with E-state index in [1.807, 2.05) is 37.1 Å². The molecule has 1 N–H and O–H groups in total. The molecular weight excluding hydrogens is 212 g/mol. The molecule has 0 radical (unpaired) electrons. The van der Waals surface area contributed by atoms with Crippen molar-refractivity contribution < 1.29 is 4.79 Å². The van der Waals surface area contributed by atoms with Gasteiger partial charge in [-0.3, -0.25) is 4.79 Å². The number of amides is 1. The molecule has 2 rings (SSSR count). The average molecular weight is 230 g/mol. The van der Waals surface area contributed by atoms with Crippen LogP contribution in [0.3, 0.4) is 0 Å². The van der Waals surface area contributed by atoms with Gasteiger partial charge in [0.1, 0.15) is 0 Å². The molecule has 0 unspecified atom stereocenters. The lowest BCUT2D eigenvalue weighted by Crippen LogP contribution is -2.34. The Balaban J connectivity index is 2.21. The SMILES string of the molecule is CNc1ccc(C(=O)N2CC=CCC2)c(C)c1. The van der Waals surface area contributed by atoms with Crippen LogP contribution in [0.4, 0.5) is 5.69 Å². The highest BCUT2D eigenvalue weighted by Crippen LogP contribution is 2.17. The second-order valence-corrected chi connectivity index (χ2v) is 4.29. The lowest BCUT2D eigenvalue weighted by Gasteiger charge is -2.24. The molecule has 0 saturated carbocycles. The Labute approximate surface area is 102 Å². The Morgan fingerprint density at radius 3 is 2.76 bits per heavy atom. The number of nitrogens with one attached hydrogen (secondary N) is 1. The van der Waals surface area contributed by atoms with Gasteiger partial charge >= 0.3 is 0 Å². The van der Waals surface area contributed by atoms with Crippen LogP contribution < -0.4 is 5.32 Å². The van der Waals surface area contributed by atoms with E-state index >= 15 is 0 Å². The lowest BCUT2D eigenvalue weighted by molar-refractivity contribution is 0.0770. The monoisotopic (exact) mass is 230 g/mol. The third-order valence-corrected chi connectivity index (χ3v) is 3.09. The molecule has 1 heterocycles. The van der Waals surface area contributed by atoms with Gasteiger partial charge in [-0.05, 0) is 37.1 Å². The van der Waals surface area contributed by atoms with Gasteiger partial charge in [-0.1, -0.05) is 12.2 Å². The third kappa shape index (κ3) is 2.49. The van der Waals surface area contributed by atoms with E-state index in [9.17, 15) is 4.79 Å². The maximum Gasteiger partial charge on any atom is 0.254 e. The van der Waals surface area contributed by atoms with E-state index in [-0.39, 0.29) is 5.91 Å². The number of hydrogen-bond donors (Lipinski definition) is 1. The van der Waals surface area contributed by atoms with Gasteiger partial charge in [-0.2, -0.15) is 0 Å². The van der Waals surface area contributed by atoms with Crippen LogP contribution in [0.25, 0.3) is 0 Å². The lowest BCUT2D eigenvalue weighted by atomic mass is 10.1. The molecule has 1 aromatic rings. The van der Waals surface area contributed by atoms with Crippen molar-refractivity contribution in [2.75, 3.05) is 25.5 Å². The molecule has 0 aliphatic carbocycles. The molecule has 0 spiro atoms. The molecule has 3 heteroatoms. The second kappa shape index (κ2) is 5.04. The number of nitrogens with zero attached hydrogens (tertiary/aromatic N) is 1. The summed E-state index contributed by atoms with van der Waals surface area (Å²) in [5.41, 5.74) is 2.87. The summed E-state index contributed by atoms with van der Waals surface area (Å²) in [6, 6.07) is 5.86. The predicted molar refractivity (Wildman–Crippen MR) is 70.4 cm³/mol. The van der Waals surface area contributed by atoms with Crippen LogP contribution in [-0.4, -0.2) is 30.9 Å². The summed E-state index contributed by atoms with van der Waals surface area (Å²) in [5.74, 6) is 0.134. The van der Waals surface area contributed by atoms with Crippen LogP contribution in [0.5, 0.6) is 0 Å². The normalized spacial score (nSPS) is 14.8. The maximum atomic E-state index is 12.3. The Hall–Kier alpha value is -1.77. The number of anilines is 1. The second-order valence-electron chi connectivity index (χ2n) is 4.29. The average Bonchev–Trinajstić information content (AvgIpc) is 2.39. The first kappa shape index (κ1) is 11.7. The molecule has 1 aliphatic rings. The Bertz CT molecular complexity index is 452. The quantitative estimate of drug-likeness (QED) is 0.791. The molecule has 3 nitrogen and oxygen atoms in total. The minimum Gasteiger partial charge on any atom is -0.388 e. The smallest absolute Gasteiger partial charge is 0.254 e. The summed E-state index contributed by atoms with van der Waals surface area (Å²) in [7, 11) is 1.88. The molecule has 0 saturated heterocycles. The first-order valence-electron chi connectivity index (χ1n) is 5.95. The van der Waals surface area contributed by atoms with Crippen molar-refractivity contribution in [2.24, 2.45) is 0 Å². The zero-order valence-electron chi connectivity index (χ0n) is 10.4. The predicted octanol–water partition coefficient (Wildman–Crippen LogP) is 2.44. The maximum absolute atomic E-state index is 12.3. The number of carbonyl (C=O) groups excluding carboxylic acids is 1. The van der Waals surface area contributed by atoms with Crippen molar-refractivity contribution in [3.63, 3.8) is 0 Å². The molecule has 0 atom stereocenters. The zero-order chi connectivity index (χ0) is 12.3. The number of rotatable bonds is 2. The van der Waals surface area contributed by atoms with E-state index in [4.69, 9.17) is 0 Å². The molecule has 0 bridgehead atoms. The van der Waals surface area contributed by atoms with E-state index in [2.05, 4.69) is 17.5 Å². The van der Waals surface area contributed by atoms with Crippen molar-refractivity contribution in [3.8, 4) is 0 Å². The Morgan fingerprint density at radius 1 is 1.35 bits per heavy atom. The van der Waals surface area contributed by atoms with E-state index in [1.165, 1.54) is 0 Å². The standard InChI is InChI=1S/C14H18N2O/c1-11-10-12(15-2)6-7-13(11)14(17)16-8-4-3-5-9-16/h3-4,6-7,10,15H,5,8-9H2,1-2H3. The van der Waals surface area contributed by atoms with Crippen LogP contribution >= 0.6 is 0 Å². The minimum atomic E-state index is 0.134. The van der Waals surface area contributed by atoms with Crippen molar-refractivity contribution >= 4 is 11.6 Å². The Morgan fingerprint density at radius 2 is 2.18 bits per heavy atom. The fourth-order valence-corrected chi connectivity index (χ4v) is 2.06. The van der Waals surface area contributed by atoms with Gasteiger partial charge in [-0.15, -0.1) is 0 Å². The molecule has 1 amide bonds. The molecule has 1 aromatic carbocycles. The molecule has 17 heavy (non-hydrogen) atoms. The molecule has 0 fully saturated rings. The number of hydrogen-bond acceptors (Lipinski definition) is 2. The summed E-state index contributed by atoms with van der Waals surface area (Å²) in [6.45, 7) is 3.53. The highest BCUT2D eigenvalue weighted by atomic mass is 16.2. The summed E-state index contributed by atoms with van der Waals surface area (Å²) in [5, 5.41) is 3.08. The van der Waals surface area contributed by atoms with Gasteiger partial charge < -0.3 is 10.2 Å². The Kier molecular flexibility index (Phi) is 3.47. The van der Waals surface area contributed by atoms with Gasteiger partial charge in [-0.25, -0.2) is 0 Å². The van der Waals surface area contributed by atoms with Crippen LogP contribution in [0, 0.1) is 6.92 Å². The topological polar surface area (TPSA) is 32.3 Å². The summed E-state index contributed by atoms with van der Waals surface area (Å²) in [6.07, 6.45) is 5.14. The van der Waals surface area contributed by atoms with Gasteiger partial charge in [0.25, 0.3) is 5.91 Å². The summed E-state index contributed by atoms with van der Waals surface area (Å²) >= 11 is 0. The van der Waals surface area contributed by atoms with E-state index in [0.717, 1.165) is 36.3 Å². The van der Waals surface area contributed by atoms with E-state index < -0.39 is 0 Å². The fourth-order valence-electron chi connectivity index (χ4n) is 2.06. The first-order chi connectivity index (χ1) is 8.22. The van der Waals surface area contributed by atoms with Gasteiger partial charge in [0.05, 0.1) is 0 Å². The number of carbonyl (C=O) groups is 1. The van der Waals surface area contributed by atoms with Crippen LogP contribution in [0.2, 0.25) is 0 Å². The number of benzene rings is 1. The fraction of sp³-hybridized carbons (Fsp3) is 0.357.